The van der Waals surface area contributed by atoms with Crippen LogP contribution in [-0.4, -0.2) is 35.0 Å². The third kappa shape index (κ3) is 2.48. The smallest absolute Gasteiger partial charge is 0.306 e. The van der Waals surface area contributed by atoms with Gasteiger partial charge in [0.15, 0.2) is 17.5 Å². The lowest BCUT2D eigenvalue weighted by Gasteiger charge is -2.41. The SMILES string of the molecule is CC(C(=O)O)C1CN(C(=O)c2cc(F)c(F)c(F)c2)C1. The van der Waals surface area contributed by atoms with Crippen molar-refractivity contribution in [3.8, 4) is 0 Å². The molecule has 2 rings (SSSR count). The molecule has 108 valence electrons. The van der Waals surface area contributed by atoms with Gasteiger partial charge >= 0.3 is 5.97 Å². The molecule has 0 aromatic heterocycles. The van der Waals surface area contributed by atoms with Crippen LogP contribution in [0, 0.1) is 29.3 Å². The maximum absolute atomic E-state index is 13.0. The Balaban J connectivity index is 2.06. The Kier molecular flexibility index (Phi) is 3.69. The third-order valence-corrected chi connectivity index (χ3v) is 3.52. The molecular weight excluding hydrogens is 275 g/mol. The topological polar surface area (TPSA) is 57.6 Å². The molecule has 1 heterocycles. The van der Waals surface area contributed by atoms with Crippen molar-refractivity contribution in [2.75, 3.05) is 13.1 Å². The first-order valence-electron chi connectivity index (χ1n) is 5.98. The van der Waals surface area contributed by atoms with E-state index in [1.807, 2.05) is 0 Å². The van der Waals surface area contributed by atoms with E-state index in [0.29, 0.717) is 12.1 Å². The quantitative estimate of drug-likeness (QED) is 0.864. The second-order valence-electron chi connectivity index (χ2n) is 4.85. The molecule has 1 saturated heterocycles. The Morgan fingerprint density at radius 1 is 1.25 bits per heavy atom. The Labute approximate surface area is 112 Å². The highest BCUT2D eigenvalue weighted by Gasteiger charge is 2.37. The molecule has 1 unspecified atom stereocenters. The van der Waals surface area contributed by atoms with E-state index in [2.05, 4.69) is 0 Å². The average molecular weight is 287 g/mol. The highest BCUT2D eigenvalue weighted by Crippen LogP contribution is 2.26. The number of carbonyl (C=O) groups is 2. The number of hydrogen-bond acceptors (Lipinski definition) is 2. The van der Waals surface area contributed by atoms with Gasteiger partial charge in [-0.05, 0) is 12.1 Å². The van der Waals surface area contributed by atoms with Crippen molar-refractivity contribution < 1.29 is 27.9 Å². The molecule has 1 N–H and O–H groups in total. The van der Waals surface area contributed by atoms with E-state index in [-0.39, 0.29) is 24.6 Å². The molecule has 0 spiro atoms. The summed E-state index contributed by atoms with van der Waals surface area (Å²) in [6.45, 7) is 1.94. The van der Waals surface area contributed by atoms with Gasteiger partial charge in [0, 0.05) is 24.6 Å². The molecule has 0 radical (unpaired) electrons. The summed E-state index contributed by atoms with van der Waals surface area (Å²) in [7, 11) is 0. The highest BCUT2D eigenvalue weighted by molar-refractivity contribution is 5.94. The first-order valence-corrected chi connectivity index (χ1v) is 5.98. The lowest BCUT2D eigenvalue weighted by Crippen LogP contribution is -2.53. The van der Waals surface area contributed by atoms with Crippen LogP contribution < -0.4 is 0 Å². The van der Waals surface area contributed by atoms with Crippen LogP contribution in [0.2, 0.25) is 0 Å². The van der Waals surface area contributed by atoms with Crippen LogP contribution in [0.25, 0.3) is 0 Å². The number of benzene rings is 1. The number of aliphatic carboxylic acids is 1. The largest absolute Gasteiger partial charge is 0.481 e. The Hall–Kier alpha value is -2.05. The fraction of sp³-hybridized carbons (Fsp3) is 0.385. The molecule has 1 amide bonds. The highest BCUT2D eigenvalue weighted by atomic mass is 19.2. The fourth-order valence-electron chi connectivity index (χ4n) is 2.06. The van der Waals surface area contributed by atoms with Crippen LogP contribution in [0.15, 0.2) is 12.1 Å². The molecule has 1 aliphatic heterocycles. The zero-order chi connectivity index (χ0) is 15.0. The van der Waals surface area contributed by atoms with E-state index in [1.165, 1.54) is 11.8 Å². The fourth-order valence-corrected chi connectivity index (χ4v) is 2.06. The number of nitrogens with zero attached hydrogens (tertiary/aromatic N) is 1. The molecule has 20 heavy (non-hydrogen) atoms. The van der Waals surface area contributed by atoms with Gasteiger partial charge in [0.05, 0.1) is 5.92 Å². The molecule has 4 nitrogen and oxygen atoms in total. The number of rotatable bonds is 3. The number of carboxylic acids is 1. The van der Waals surface area contributed by atoms with Gasteiger partial charge in [0.1, 0.15) is 0 Å². The zero-order valence-corrected chi connectivity index (χ0v) is 10.6. The lowest BCUT2D eigenvalue weighted by atomic mass is 9.86. The number of halogens is 3. The van der Waals surface area contributed by atoms with E-state index in [9.17, 15) is 22.8 Å². The van der Waals surface area contributed by atoms with Crippen LogP contribution in [0.3, 0.4) is 0 Å². The van der Waals surface area contributed by atoms with Crippen LogP contribution in [0.4, 0.5) is 13.2 Å². The third-order valence-electron chi connectivity index (χ3n) is 3.52. The Morgan fingerprint density at radius 2 is 1.75 bits per heavy atom. The van der Waals surface area contributed by atoms with Gasteiger partial charge < -0.3 is 10.0 Å². The van der Waals surface area contributed by atoms with Crippen molar-refractivity contribution in [2.24, 2.45) is 11.8 Å². The second-order valence-corrected chi connectivity index (χ2v) is 4.85. The number of carbonyl (C=O) groups excluding carboxylic acids is 1. The standard InChI is InChI=1S/C13H12F3NO3/c1-6(13(19)20)8-4-17(5-8)12(18)7-2-9(14)11(16)10(15)3-7/h2-3,6,8H,4-5H2,1H3,(H,19,20). The second kappa shape index (κ2) is 5.15. The maximum Gasteiger partial charge on any atom is 0.306 e. The number of amides is 1. The van der Waals surface area contributed by atoms with Crippen LogP contribution in [0.5, 0.6) is 0 Å². The first-order chi connectivity index (χ1) is 9.31. The van der Waals surface area contributed by atoms with Crippen molar-refractivity contribution in [3.63, 3.8) is 0 Å². The van der Waals surface area contributed by atoms with Gasteiger partial charge in [-0.25, -0.2) is 13.2 Å². The number of likely N-dealkylation sites (tertiary alicyclic amines) is 1. The average Bonchev–Trinajstić information content (AvgIpc) is 2.32. The minimum absolute atomic E-state index is 0.188. The van der Waals surface area contributed by atoms with Gasteiger partial charge in [-0.3, -0.25) is 9.59 Å². The van der Waals surface area contributed by atoms with Crippen LogP contribution >= 0.6 is 0 Å². The van der Waals surface area contributed by atoms with Gasteiger partial charge in [0.2, 0.25) is 0 Å². The summed E-state index contributed by atoms with van der Waals surface area (Å²) < 4.78 is 38.9. The predicted octanol–water partition coefficient (Wildman–Crippen LogP) is 1.90. The summed E-state index contributed by atoms with van der Waals surface area (Å²) in [4.78, 5) is 23.9. The summed E-state index contributed by atoms with van der Waals surface area (Å²) in [6.07, 6.45) is 0. The van der Waals surface area contributed by atoms with Crippen molar-refractivity contribution in [1.29, 1.82) is 0 Å². The number of carboxylic acid groups (broad SMARTS) is 1. The minimum atomic E-state index is -1.62. The minimum Gasteiger partial charge on any atom is -0.481 e. The summed E-state index contributed by atoms with van der Waals surface area (Å²) in [5.74, 6) is -6.86. The lowest BCUT2D eigenvalue weighted by molar-refractivity contribution is -0.144. The molecule has 1 aromatic rings. The first kappa shape index (κ1) is 14.4. The van der Waals surface area contributed by atoms with E-state index in [0.717, 1.165) is 0 Å². The number of hydrogen-bond donors (Lipinski definition) is 1. The predicted molar refractivity (Wildman–Crippen MR) is 62.5 cm³/mol. The maximum atomic E-state index is 13.0. The summed E-state index contributed by atoms with van der Waals surface area (Å²) in [6, 6.07) is 1.27. The van der Waals surface area contributed by atoms with Crippen molar-refractivity contribution in [3.05, 3.63) is 35.1 Å². The molecule has 1 atom stereocenters. The van der Waals surface area contributed by atoms with E-state index < -0.39 is 35.2 Å². The molecule has 1 aromatic carbocycles. The molecule has 0 saturated carbocycles. The van der Waals surface area contributed by atoms with Crippen LogP contribution in [-0.2, 0) is 4.79 Å². The monoisotopic (exact) mass is 287 g/mol. The summed E-state index contributed by atoms with van der Waals surface area (Å²) >= 11 is 0. The Bertz CT molecular complexity index is 547. The van der Waals surface area contributed by atoms with Crippen molar-refractivity contribution >= 4 is 11.9 Å². The summed E-state index contributed by atoms with van der Waals surface area (Å²) in [5, 5.41) is 8.82. The van der Waals surface area contributed by atoms with Crippen molar-refractivity contribution in [2.45, 2.75) is 6.92 Å². The normalized spacial score (nSPS) is 16.7. The van der Waals surface area contributed by atoms with Gasteiger partial charge in [0.25, 0.3) is 5.91 Å². The molecule has 1 fully saturated rings. The Morgan fingerprint density at radius 3 is 2.20 bits per heavy atom. The zero-order valence-electron chi connectivity index (χ0n) is 10.6. The molecule has 0 bridgehead atoms. The molecule has 1 aliphatic rings. The van der Waals surface area contributed by atoms with Gasteiger partial charge in [-0.2, -0.15) is 0 Å². The van der Waals surface area contributed by atoms with Gasteiger partial charge in [-0.15, -0.1) is 0 Å². The molecular formula is C13H12F3NO3. The molecule has 7 heteroatoms. The van der Waals surface area contributed by atoms with E-state index in [1.54, 1.807) is 0 Å². The summed E-state index contributed by atoms with van der Waals surface area (Å²) in [5.41, 5.74) is -0.289. The van der Waals surface area contributed by atoms with Crippen molar-refractivity contribution in [1.82, 2.24) is 4.90 Å². The molecule has 0 aliphatic carbocycles. The van der Waals surface area contributed by atoms with Crippen LogP contribution in [0.1, 0.15) is 17.3 Å². The van der Waals surface area contributed by atoms with E-state index >= 15 is 0 Å². The van der Waals surface area contributed by atoms with Gasteiger partial charge in [-0.1, -0.05) is 6.92 Å². The van der Waals surface area contributed by atoms with E-state index in [4.69, 9.17) is 5.11 Å².